The summed E-state index contributed by atoms with van der Waals surface area (Å²) < 4.78 is 12.0. The highest BCUT2D eigenvalue weighted by Gasteiger charge is 2.20. The first-order chi connectivity index (χ1) is 4.09. The fourth-order valence-electron chi connectivity index (χ4n) is 0.229. The second-order valence-corrected chi connectivity index (χ2v) is 1.43. The Bertz CT molecular complexity index is 152. The van der Waals surface area contributed by atoms with Gasteiger partial charge in [0.15, 0.2) is 6.17 Å². The molecule has 0 rings (SSSR count). The lowest BCUT2D eigenvalue weighted by Gasteiger charge is -2.03. The average molecular weight is 131 g/mol. The number of hydrogen-bond acceptors (Lipinski definition) is 2. The van der Waals surface area contributed by atoms with E-state index in [1.165, 1.54) is 0 Å². The molecule has 2 atom stereocenters. The van der Waals surface area contributed by atoms with Gasteiger partial charge in [-0.1, -0.05) is 5.92 Å². The number of nitrogens with two attached hydrogens (primary N) is 1. The SMILES string of the molecule is C#C[C@H](F)[C@H](N)C(=O)O. The van der Waals surface area contributed by atoms with Crippen LogP contribution in [-0.4, -0.2) is 23.3 Å². The zero-order chi connectivity index (χ0) is 7.44. The minimum absolute atomic E-state index is 1.43. The fourth-order valence-corrected chi connectivity index (χ4v) is 0.229. The molecule has 50 valence electrons. The summed E-state index contributed by atoms with van der Waals surface area (Å²) >= 11 is 0. The number of carboxylic acids is 1. The first-order valence-electron chi connectivity index (χ1n) is 2.18. The highest BCUT2D eigenvalue weighted by molar-refractivity contribution is 5.74. The number of halogens is 1. The molecule has 0 aliphatic carbocycles. The lowest BCUT2D eigenvalue weighted by molar-refractivity contribution is -0.139. The van der Waals surface area contributed by atoms with Crippen LogP contribution in [0, 0.1) is 12.3 Å². The Morgan fingerprint density at radius 3 is 2.44 bits per heavy atom. The van der Waals surface area contributed by atoms with Gasteiger partial charge in [0.05, 0.1) is 0 Å². The van der Waals surface area contributed by atoms with Gasteiger partial charge in [-0.3, -0.25) is 4.79 Å². The van der Waals surface area contributed by atoms with E-state index in [0.29, 0.717) is 0 Å². The predicted octanol–water partition coefficient (Wildman–Crippen LogP) is -0.630. The molecule has 0 fully saturated rings. The number of aliphatic carboxylic acids is 1. The van der Waals surface area contributed by atoms with Gasteiger partial charge in [0, 0.05) is 0 Å². The van der Waals surface area contributed by atoms with Crippen molar-refractivity contribution in [3.8, 4) is 12.3 Å². The lowest BCUT2D eigenvalue weighted by Crippen LogP contribution is -2.38. The van der Waals surface area contributed by atoms with Crippen LogP contribution < -0.4 is 5.73 Å². The molecular formula is C5H6FNO2. The molecule has 0 radical (unpaired) electrons. The van der Waals surface area contributed by atoms with Gasteiger partial charge in [-0.2, -0.15) is 0 Å². The first kappa shape index (κ1) is 7.92. The molecular weight excluding hydrogens is 125 g/mol. The van der Waals surface area contributed by atoms with E-state index in [-0.39, 0.29) is 0 Å². The summed E-state index contributed by atoms with van der Waals surface area (Å²) in [6.45, 7) is 0. The number of carbonyl (C=O) groups is 1. The summed E-state index contributed by atoms with van der Waals surface area (Å²) in [7, 11) is 0. The molecule has 3 nitrogen and oxygen atoms in total. The molecule has 0 amide bonds. The molecule has 4 heteroatoms. The molecule has 0 saturated heterocycles. The predicted molar refractivity (Wildman–Crippen MR) is 29.3 cm³/mol. The largest absolute Gasteiger partial charge is 0.480 e. The van der Waals surface area contributed by atoms with Crippen molar-refractivity contribution in [2.24, 2.45) is 5.73 Å². The topological polar surface area (TPSA) is 63.3 Å². The van der Waals surface area contributed by atoms with Crippen LogP contribution in [0.15, 0.2) is 0 Å². The summed E-state index contributed by atoms with van der Waals surface area (Å²) in [6.07, 6.45) is 2.64. The van der Waals surface area contributed by atoms with Crippen LogP contribution in [0.4, 0.5) is 4.39 Å². The van der Waals surface area contributed by atoms with Crippen molar-refractivity contribution >= 4 is 5.97 Å². The summed E-state index contributed by atoms with van der Waals surface area (Å²) in [5, 5.41) is 8.02. The van der Waals surface area contributed by atoms with E-state index in [2.05, 4.69) is 6.42 Å². The van der Waals surface area contributed by atoms with Gasteiger partial charge in [-0.15, -0.1) is 6.42 Å². The third-order valence-corrected chi connectivity index (χ3v) is 0.760. The normalized spacial score (nSPS) is 15.7. The quantitative estimate of drug-likeness (QED) is 0.490. The van der Waals surface area contributed by atoms with Crippen molar-refractivity contribution in [3.05, 3.63) is 0 Å². The lowest BCUT2D eigenvalue weighted by atomic mass is 10.2. The molecule has 0 aromatic heterocycles. The Kier molecular flexibility index (Phi) is 2.68. The van der Waals surface area contributed by atoms with Crippen LogP contribution in [0.5, 0.6) is 0 Å². The monoisotopic (exact) mass is 131 g/mol. The van der Waals surface area contributed by atoms with Crippen LogP contribution >= 0.6 is 0 Å². The zero-order valence-electron chi connectivity index (χ0n) is 4.54. The van der Waals surface area contributed by atoms with E-state index in [4.69, 9.17) is 10.8 Å². The fraction of sp³-hybridized carbons (Fsp3) is 0.400. The Morgan fingerprint density at radius 1 is 1.89 bits per heavy atom. The Morgan fingerprint density at radius 2 is 2.33 bits per heavy atom. The van der Waals surface area contributed by atoms with Crippen molar-refractivity contribution < 1.29 is 14.3 Å². The van der Waals surface area contributed by atoms with Crippen LogP contribution in [0.1, 0.15) is 0 Å². The van der Waals surface area contributed by atoms with Crippen LogP contribution in [0.3, 0.4) is 0 Å². The summed E-state index contributed by atoms with van der Waals surface area (Å²) in [4.78, 5) is 9.84. The standard InChI is InChI=1S/C5H6FNO2/c1-2-3(6)4(7)5(8)9/h1,3-4H,7H2,(H,8,9)/t3-,4-/m0/s1. The summed E-state index contributed by atoms with van der Waals surface area (Å²) in [5.41, 5.74) is 4.75. The Balaban J connectivity index is 3.91. The van der Waals surface area contributed by atoms with E-state index < -0.39 is 18.2 Å². The van der Waals surface area contributed by atoms with Gasteiger partial charge < -0.3 is 10.8 Å². The third kappa shape index (κ3) is 2.11. The van der Waals surface area contributed by atoms with E-state index >= 15 is 0 Å². The van der Waals surface area contributed by atoms with Gasteiger partial charge in [0.25, 0.3) is 0 Å². The van der Waals surface area contributed by atoms with Gasteiger partial charge in [0.1, 0.15) is 6.04 Å². The molecule has 0 unspecified atom stereocenters. The van der Waals surface area contributed by atoms with Crippen molar-refractivity contribution in [3.63, 3.8) is 0 Å². The highest BCUT2D eigenvalue weighted by atomic mass is 19.1. The smallest absolute Gasteiger partial charge is 0.324 e. The molecule has 0 saturated carbocycles. The number of carboxylic acid groups (broad SMARTS) is 1. The maximum Gasteiger partial charge on any atom is 0.324 e. The number of terminal acetylenes is 1. The molecule has 0 aromatic carbocycles. The molecule has 0 aliphatic rings. The van der Waals surface area contributed by atoms with Crippen molar-refractivity contribution in [2.75, 3.05) is 0 Å². The van der Waals surface area contributed by atoms with Gasteiger partial charge in [0.2, 0.25) is 0 Å². The second-order valence-electron chi connectivity index (χ2n) is 1.43. The molecule has 9 heavy (non-hydrogen) atoms. The van der Waals surface area contributed by atoms with Crippen molar-refractivity contribution in [2.45, 2.75) is 12.2 Å². The number of alkyl halides is 1. The molecule has 3 N–H and O–H groups in total. The maximum absolute atomic E-state index is 12.0. The molecule has 0 aliphatic heterocycles. The van der Waals surface area contributed by atoms with E-state index in [1.807, 2.05) is 0 Å². The minimum atomic E-state index is -1.90. The van der Waals surface area contributed by atoms with Gasteiger partial charge >= 0.3 is 5.97 Å². The second kappa shape index (κ2) is 3.05. The molecule has 0 aromatic rings. The van der Waals surface area contributed by atoms with Crippen LogP contribution in [-0.2, 0) is 4.79 Å². The van der Waals surface area contributed by atoms with Crippen LogP contribution in [0.25, 0.3) is 0 Å². The Labute approximate surface area is 51.7 Å². The third-order valence-electron chi connectivity index (χ3n) is 0.760. The zero-order valence-corrected chi connectivity index (χ0v) is 4.54. The summed E-state index contributed by atoms with van der Waals surface area (Å²) in [6, 6.07) is -1.60. The Hall–Kier alpha value is -1.08. The van der Waals surface area contributed by atoms with Crippen molar-refractivity contribution in [1.29, 1.82) is 0 Å². The van der Waals surface area contributed by atoms with E-state index in [9.17, 15) is 9.18 Å². The van der Waals surface area contributed by atoms with Crippen LogP contribution in [0.2, 0.25) is 0 Å². The highest BCUT2D eigenvalue weighted by Crippen LogP contribution is 1.93. The number of rotatable bonds is 2. The molecule has 0 bridgehead atoms. The first-order valence-corrected chi connectivity index (χ1v) is 2.18. The van der Waals surface area contributed by atoms with Gasteiger partial charge in [-0.25, -0.2) is 4.39 Å². The number of hydrogen-bond donors (Lipinski definition) is 2. The van der Waals surface area contributed by atoms with E-state index in [1.54, 1.807) is 5.92 Å². The summed E-state index contributed by atoms with van der Waals surface area (Å²) in [5.74, 6) is 0.143. The average Bonchev–Trinajstić information content (AvgIpc) is 1.84. The minimum Gasteiger partial charge on any atom is -0.480 e. The molecule has 0 heterocycles. The van der Waals surface area contributed by atoms with Gasteiger partial charge in [-0.05, 0) is 0 Å². The molecule has 0 spiro atoms. The van der Waals surface area contributed by atoms with E-state index in [0.717, 1.165) is 0 Å². The maximum atomic E-state index is 12.0. The van der Waals surface area contributed by atoms with Crippen molar-refractivity contribution in [1.82, 2.24) is 0 Å².